The number of hydrogen-bond donors (Lipinski definition) is 0. The quantitative estimate of drug-likeness (QED) is 0.447. The normalized spacial score (nSPS) is 26.9. The van der Waals surface area contributed by atoms with E-state index in [1.165, 1.54) is 20.3 Å². The molecule has 1 fully saturated rings. The molecule has 0 saturated heterocycles. The van der Waals surface area contributed by atoms with Crippen molar-refractivity contribution in [2.24, 2.45) is 17.3 Å². The lowest BCUT2D eigenvalue weighted by atomic mass is 9.71. The number of rotatable bonds is 4. The lowest BCUT2D eigenvalue weighted by molar-refractivity contribution is -0.157. The van der Waals surface area contributed by atoms with Crippen LogP contribution in [0.15, 0.2) is 30.0 Å². The van der Waals surface area contributed by atoms with E-state index in [4.69, 9.17) is 9.47 Å². The van der Waals surface area contributed by atoms with E-state index < -0.39 is 23.3 Å². The Labute approximate surface area is 123 Å². The predicted molar refractivity (Wildman–Crippen MR) is 74.1 cm³/mol. The van der Waals surface area contributed by atoms with Crippen molar-refractivity contribution in [3.8, 4) is 0 Å². The molecule has 2 aliphatic carbocycles. The molecule has 0 N–H and O–H groups in total. The van der Waals surface area contributed by atoms with Gasteiger partial charge in [0.1, 0.15) is 0 Å². The van der Waals surface area contributed by atoms with Crippen molar-refractivity contribution in [1.29, 1.82) is 0 Å². The van der Waals surface area contributed by atoms with Gasteiger partial charge in [-0.25, -0.2) is 0 Å². The summed E-state index contributed by atoms with van der Waals surface area (Å²) < 4.78 is 9.43. The molecule has 0 aliphatic heterocycles. The Bertz CT molecular complexity index is 551. The fourth-order valence-electron chi connectivity index (χ4n) is 3.54. The first-order chi connectivity index (χ1) is 10.0. The summed E-state index contributed by atoms with van der Waals surface area (Å²) in [5.74, 6) is -2.96. The summed E-state index contributed by atoms with van der Waals surface area (Å²) in [5.41, 5.74) is 2.51. The lowest BCUT2D eigenvalue weighted by Gasteiger charge is -2.30. The van der Waals surface area contributed by atoms with Gasteiger partial charge in [-0.3, -0.25) is 14.4 Å². The van der Waals surface area contributed by atoms with Crippen LogP contribution in [0.5, 0.6) is 0 Å². The smallest absolute Gasteiger partial charge is 0.324 e. The van der Waals surface area contributed by atoms with Crippen LogP contribution in [0.4, 0.5) is 0 Å². The molecular formula is C16H18O5. The fourth-order valence-corrected chi connectivity index (χ4v) is 3.54. The minimum absolute atomic E-state index is 0.0631. The van der Waals surface area contributed by atoms with Crippen LogP contribution in [0.25, 0.3) is 0 Å². The Kier molecular flexibility index (Phi) is 4.14. The highest BCUT2D eigenvalue weighted by atomic mass is 16.5. The van der Waals surface area contributed by atoms with Gasteiger partial charge < -0.3 is 9.47 Å². The lowest BCUT2D eigenvalue weighted by Crippen LogP contribution is -2.35. The number of fused-ring (bicyclic) bond motifs is 1. The van der Waals surface area contributed by atoms with Crippen LogP contribution in [0.3, 0.4) is 0 Å². The van der Waals surface area contributed by atoms with Gasteiger partial charge in [-0.1, -0.05) is 13.0 Å². The SMILES string of the molecule is C=C=C[C@@]12CCC[C@@H]1C(=O)C=C2C(C(=O)OC)C(=O)OC. The zero-order valence-corrected chi connectivity index (χ0v) is 12.2. The van der Waals surface area contributed by atoms with E-state index in [1.54, 1.807) is 6.08 Å². The largest absolute Gasteiger partial charge is 0.468 e. The minimum atomic E-state index is -1.21. The number of hydrogen-bond acceptors (Lipinski definition) is 5. The van der Waals surface area contributed by atoms with E-state index in [2.05, 4.69) is 12.3 Å². The Morgan fingerprint density at radius 1 is 1.43 bits per heavy atom. The summed E-state index contributed by atoms with van der Waals surface area (Å²) >= 11 is 0. The zero-order valence-electron chi connectivity index (χ0n) is 12.2. The second kappa shape index (κ2) is 5.70. The molecule has 112 valence electrons. The van der Waals surface area contributed by atoms with Crippen molar-refractivity contribution in [2.45, 2.75) is 19.3 Å². The molecule has 21 heavy (non-hydrogen) atoms. The summed E-state index contributed by atoms with van der Waals surface area (Å²) in [5, 5.41) is 0. The number of ether oxygens (including phenoxy) is 2. The van der Waals surface area contributed by atoms with E-state index in [0.29, 0.717) is 12.0 Å². The highest BCUT2D eigenvalue weighted by Gasteiger charge is 2.56. The average Bonchev–Trinajstić information content (AvgIpc) is 3.00. The van der Waals surface area contributed by atoms with E-state index in [0.717, 1.165) is 12.8 Å². The molecule has 0 spiro atoms. The van der Waals surface area contributed by atoms with Gasteiger partial charge in [0.15, 0.2) is 11.7 Å². The van der Waals surface area contributed by atoms with Crippen molar-refractivity contribution >= 4 is 17.7 Å². The zero-order chi connectivity index (χ0) is 15.6. The van der Waals surface area contributed by atoms with Gasteiger partial charge in [0.25, 0.3) is 0 Å². The highest BCUT2D eigenvalue weighted by Crippen LogP contribution is 2.56. The topological polar surface area (TPSA) is 69.7 Å². The van der Waals surface area contributed by atoms with Crippen LogP contribution in [0, 0.1) is 17.3 Å². The van der Waals surface area contributed by atoms with E-state index >= 15 is 0 Å². The molecule has 5 heteroatoms. The van der Waals surface area contributed by atoms with Crippen LogP contribution in [0.2, 0.25) is 0 Å². The van der Waals surface area contributed by atoms with Crippen molar-refractivity contribution in [3.05, 3.63) is 30.0 Å². The number of ketones is 1. The molecule has 2 atom stereocenters. The van der Waals surface area contributed by atoms with Gasteiger partial charge in [0, 0.05) is 11.3 Å². The maximum atomic E-state index is 12.2. The number of allylic oxidation sites excluding steroid dienone is 2. The van der Waals surface area contributed by atoms with Gasteiger partial charge in [-0.15, -0.1) is 5.73 Å². The Morgan fingerprint density at radius 3 is 2.57 bits per heavy atom. The van der Waals surface area contributed by atoms with Crippen LogP contribution in [-0.2, 0) is 23.9 Å². The van der Waals surface area contributed by atoms with E-state index in [9.17, 15) is 14.4 Å². The van der Waals surface area contributed by atoms with Crippen LogP contribution in [-0.4, -0.2) is 31.9 Å². The highest BCUT2D eigenvalue weighted by molar-refractivity contribution is 6.04. The summed E-state index contributed by atoms with van der Waals surface area (Å²) in [6.07, 6.45) is 5.37. The van der Waals surface area contributed by atoms with Crippen LogP contribution in [0.1, 0.15) is 19.3 Å². The first-order valence-corrected chi connectivity index (χ1v) is 6.80. The van der Waals surface area contributed by atoms with E-state index in [1.807, 2.05) is 0 Å². The number of carbonyl (C=O) groups excluding carboxylic acids is 3. The van der Waals surface area contributed by atoms with Crippen LogP contribution < -0.4 is 0 Å². The minimum Gasteiger partial charge on any atom is -0.468 e. The van der Waals surface area contributed by atoms with Gasteiger partial charge in [0.2, 0.25) is 0 Å². The maximum absolute atomic E-state index is 12.2. The summed E-state index contributed by atoms with van der Waals surface area (Å²) in [4.78, 5) is 36.3. The number of carbonyl (C=O) groups is 3. The summed E-state index contributed by atoms with van der Waals surface area (Å²) in [6.45, 7) is 3.58. The Hall–Kier alpha value is -2.13. The third kappa shape index (κ3) is 2.24. The van der Waals surface area contributed by atoms with Gasteiger partial charge in [0.05, 0.1) is 14.2 Å². The Morgan fingerprint density at radius 2 is 2.05 bits per heavy atom. The molecule has 5 nitrogen and oxygen atoms in total. The molecule has 0 aromatic rings. The second-order valence-electron chi connectivity index (χ2n) is 5.32. The molecule has 0 unspecified atom stereocenters. The maximum Gasteiger partial charge on any atom is 0.324 e. The molecule has 2 aliphatic rings. The second-order valence-corrected chi connectivity index (χ2v) is 5.32. The van der Waals surface area contributed by atoms with Crippen molar-refractivity contribution in [1.82, 2.24) is 0 Å². The molecule has 1 saturated carbocycles. The predicted octanol–water partition coefficient (Wildman–Crippen LogP) is 1.59. The van der Waals surface area contributed by atoms with Gasteiger partial charge in [-0.2, -0.15) is 0 Å². The van der Waals surface area contributed by atoms with Gasteiger partial charge >= 0.3 is 11.9 Å². The molecule has 0 radical (unpaired) electrons. The monoisotopic (exact) mass is 290 g/mol. The molecular weight excluding hydrogens is 272 g/mol. The van der Waals surface area contributed by atoms with Crippen molar-refractivity contribution in [2.75, 3.05) is 14.2 Å². The number of esters is 2. The van der Waals surface area contributed by atoms with Crippen LogP contribution >= 0.6 is 0 Å². The standard InChI is InChI=1S/C16H18O5/c1-4-7-16-8-5-6-10(16)12(17)9-11(16)13(14(18)20-2)15(19)21-3/h7,9-10,13H,1,5-6,8H2,2-3H3/t10-,16-/m1/s1. The molecule has 0 aromatic heterocycles. The Balaban J connectivity index is 2.55. The third-order valence-electron chi connectivity index (χ3n) is 4.43. The number of methoxy groups -OCH3 is 2. The first kappa shape index (κ1) is 15.3. The molecule has 0 amide bonds. The van der Waals surface area contributed by atoms with E-state index in [-0.39, 0.29) is 11.7 Å². The summed E-state index contributed by atoms with van der Waals surface area (Å²) in [6, 6.07) is 0. The average molecular weight is 290 g/mol. The summed E-state index contributed by atoms with van der Waals surface area (Å²) in [7, 11) is 2.41. The fraction of sp³-hybridized carbons (Fsp3) is 0.500. The third-order valence-corrected chi connectivity index (χ3v) is 4.43. The molecule has 2 rings (SSSR count). The van der Waals surface area contributed by atoms with Crippen molar-refractivity contribution < 1.29 is 23.9 Å². The van der Waals surface area contributed by atoms with Crippen molar-refractivity contribution in [3.63, 3.8) is 0 Å². The first-order valence-electron chi connectivity index (χ1n) is 6.80. The molecule has 0 aromatic carbocycles. The molecule has 0 bridgehead atoms. The van der Waals surface area contributed by atoms with Gasteiger partial charge in [-0.05, 0) is 30.6 Å². The molecule has 0 heterocycles.